The average Bonchev–Trinajstić information content (AvgIpc) is 3.18. The Labute approximate surface area is 227 Å². The van der Waals surface area contributed by atoms with Crippen LogP contribution in [-0.4, -0.2) is 41.1 Å². The fraction of sp³-hybridized carbons (Fsp3) is 0.258. The summed E-state index contributed by atoms with van der Waals surface area (Å²) in [6.45, 7) is 7.46. The number of ether oxygens (including phenoxy) is 2. The third-order valence-electron chi connectivity index (χ3n) is 6.50. The van der Waals surface area contributed by atoms with Crippen LogP contribution in [0.15, 0.2) is 72.3 Å². The first-order valence-corrected chi connectivity index (χ1v) is 12.6. The van der Waals surface area contributed by atoms with E-state index in [1.807, 2.05) is 13.8 Å². The highest BCUT2D eigenvalue weighted by Crippen LogP contribution is 2.43. The second-order valence-electron chi connectivity index (χ2n) is 9.87. The van der Waals surface area contributed by atoms with Crippen molar-refractivity contribution in [3.8, 4) is 11.5 Å². The molecule has 1 aliphatic heterocycles. The second-order valence-corrected chi connectivity index (χ2v) is 9.87. The topological polar surface area (TPSA) is 113 Å². The van der Waals surface area contributed by atoms with E-state index < -0.39 is 23.7 Å². The van der Waals surface area contributed by atoms with E-state index in [1.54, 1.807) is 63.4 Å². The molecule has 1 atom stereocenters. The fourth-order valence-electron chi connectivity index (χ4n) is 4.60. The van der Waals surface area contributed by atoms with E-state index in [-0.39, 0.29) is 29.1 Å². The van der Waals surface area contributed by atoms with Crippen molar-refractivity contribution in [1.29, 1.82) is 0 Å². The normalized spacial score (nSPS) is 16.7. The van der Waals surface area contributed by atoms with Crippen LogP contribution in [0.3, 0.4) is 0 Å². The van der Waals surface area contributed by atoms with Crippen molar-refractivity contribution in [2.24, 2.45) is 0 Å². The molecular formula is C31H31NO7. The number of nitrogens with zero attached hydrogens (tertiary/aromatic N) is 1. The third kappa shape index (κ3) is 5.36. The molecule has 0 radical (unpaired) electrons. The Morgan fingerprint density at radius 1 is 0.897 bits per heavy atom. The second kappa shape index (κ2) is 11.0. The van der Waals surface area contributed by atoms with E-state index in [4.69, 9.17) is 9.47 Å². The van der Waals surface area contributed by atoms with Crippen molar-refractivity contribution in [1.82, 2.24) is 0 Å². The van der Waals surface area contributed by atoms with Crippen LogP contribution >= 0.6 is 0 Å². The molecule has 3 aromatic carbocycles. The number of aromatic hydroxyl groups is 1. The lowest BCUT2D eigenvalue weighted by Crippen LogP contribution is -2.29. The number of hydrogen-bond donors (Lipinski definition) is 2. The van der Waals surface area contributed by atoms with Crippen LogP contribution in [0.1, 0.15) is 66.7 Å². The van der Waals surface area contributed by atoms with Gasteiger partial charge in [-0.3, -0.25) is 14.5 Å². The predicted octanol–water partition coefficient (Wildman–Crippen LogP) is 5.72. The summed E-state index contributed by atoms with van der Waals surface area (Å²) in [6.07, 6.45) is -0.293. The fourth-order valence-corrected chi connectivity index (χ4v) is 4.60. The number of anilines is 1. The molecule has 202 valence electrons. The minimum atomic E-state index is -0.983. The standard InChI is InChI=1S/C31H31NO7/c1-17(2)24-16-21(10-15-25(24)38-5)28(34)26-27(19-8-13-23(33)14-9-19)32(30(36)29(26)35)22-11-6-20(7-12-22)31(37)39-18(3)4/h6-18,27,33-34H,1-5H3/b28-26-. The van der Waals surface area contributed by atoms with Gasteiger partial charge in [-0.05, 0) is 85.5 Å². The van der Waals surface area contributed by atoms with Crippen LogP contribution in [0.5, 0.6) is 11.5 Å². The van der Waals surface area contributed by atoms with Gasteiger partial charge in [0.15, 0.2) is 0 Å². The van der Waals surface area contributed by atoms with Gasteiger partial charge in [0.05, 0.1) is 30.4 Å². The summed E-state index contributed by atoms with van der Waals surface area (Å²) < 4.78 is 10.7. The molecule has 8 nitrogen and oxygen atoms in total. The van der Waals surface area contributed by atoms with Crippen molar-refractivity contribution in [3.63, 3.8) is 0 Å². The summed E-state index contributed by atoms with van der Waals surface area (Å²) in [4.78, 5) is 40.4. The zero-order valence-electron chi connectivity index (χ0n) is 22.5. The zero-order chi connectivity index (χ0) is 28.4. The van der Waals surface area contributed by atoms with Gasteiger partial charge in [-0.15, -0.1) is 0 Å². The van der Waals surface area contributed by atoms with Crippen LogP contribution in [0, 0.1) is 0 Å². The molecule has 3 aromatic rings. The Hall–Kier alpha value is -4.59. The van der Waals surface area contributed by atoms with Crippen LogP contribution in [-0.2, 0) is 14.3 Å². The summed E-state index contributed by atoms with van der Waals surface area (Å²) in [7, 11) is 1.56. The highest BCUT2D eigenvalue weighted by atomic mass is 16.5. The molecule has 0 aromatic heterocycles. The number of ketones is 1. The SMILES string of the molecule is COc1ccc(/C(O)=C2/C(=O)C(=O)N(c3ccc(C(=O)OC(C)C)cc3)C2c2ccc(O)cc2)cc1C(C)C. The number of phenolic OH excluding ortho intramolecular Hbond substituents is 1. The molecule has 39 heavy (non-hydrogen) atoms. The Balaban J connectivity index is 1.86. The molecule has 4 rings (SSSR count). The van der Waals surface area contributed by atoms with Gasteiger partial charge in [0.25, 0.3) is 11.7 Å². The molecule has 1 amide bonds. The number of methoxy groups -OCH3 is 1. The minimum absolute atomic E-state index is 0.0143. The van der Waals surface area contributed by atoms with Crippen LogP contribution < -0.4 is 9.64 Å². The van der Waals surface area contributed by atoms with Crippen molar-refractivity contribution >= 4 is 29.1 Å². The summed E-state index contributed by atoms with van der Waals surface area (Å²) in [5, 5.41) is 21.3. The van der Waals surface area contributed by atoms with Gasteiger partial charge in [-0.1, -0.05) is 26.0 Å². The number of aliphatic hydroxyl groups is 1. The maximum absolute atomic E-state index is 13.4. The van der Waals surface area contributed by atoms with E-state index in [2.05, 4.69) is 0 Å². The number of hydrogen-bond acceptors (Lipinski definition) is 7. The predicted molar refractivity (Wildman–Crippen MR) is 147 cm³/mol. The molecule has 0 aliphatic carbocycles. The van der Waals surface area contributed by atoms with Gasteiger partial charge < -0.3 is 19.7 Å². The summed E-state index contributed by atoms with van der Waals surface area (Å²) >= 11 is 0. The number of esters is 1. The van der Waals surface area contributed by atoms with Crippen molar-refractivity contribution in [3.05, 3.63) is 94.6 Å². The Morgan fingerprint density at radius 2 is 1.51 bits per heavy atom. The molecule has 2 N–H and O–H groups in total. The number of rotatable bonds is 7. The minimum Gasteiger partial charge on any atom is -0.508 e. The quantitative estimate of drug-likeness (QED) is 0.174. The summed E-state index contributed by atoms with van der Waals surface area (Å²) in [5.74, 6) is -1.78. The zero-order valence-corrected chi connectivity index (χ0v) is 22.5. The molecule has 1 unspecified atom stereocenters. The lowest BCUT2D eigenvalue weighted by atomic mass is 9.93. The first-order chi connectivity index (χ1) is 18.5. The van der Waals surface area contributed by atoms with Crippen molar-refractivity contribution in [2.45, 2.75) is 45.8 Å². The largest absolute Gasteiger partial charge is 0.508 e. The van der Waals surface area contributed by atoms with Crippen molar-refractivity contribution in [2.75, 3.05) is 12.0 Å². The number of carbonyl (C=O) groups excluding carboxylic acids is 3. The number of phenols is 1. The van der Waals surface area contributed by atoms with Gasteiger partial charge >= 0.3 is 5.97 Å². The smallest absolute Gasteiger partial charge is 0.338 e. The highest BCUT2D eigenvalue weighted by molar-refractivity contribution is 6.51. The number of benzene rings is 3. The molecule has 0 saturated carbocycles. The maximum Gasteiger partial charge on any atom is 0.338 e. The Bertz CT molecular complexity index is 1440. The number of aliphatic hydroxyl groups excluding tert-OH is 1. The van der Waals surface area contributed by atoms with Crippen LogP contribution in [0.4, 0.5) is 5.69 Å². The van der Waals surface area contributed by atoms with Gasteiger partial charge in [0.2, 0.25) is 0 Å². The molecule has 1 saturated heterocycles. The first-order valence-electron chi connectivity index (χ1n) is 12.6. The molecule has 8 heteroatoms. The van der Waals surface area contributed by atoms with Crippen LogP contribution in [0.2, 0.25) is 0 Å². The maximum atomic E-state index is 13.4. The molecule has 1 aliphatic rings. The monoisotopic (exact) mass is 529 g/mol. The lowest BCUT2D eigenvalue weighted by Gasteiger charge is -2.25. The van der Waals surface area contributed by atoms with E-state index in [1.165, 1.54) is 29.2 Å². The van der Waals surface area contributed by atoms with Gasteiger partial charge in [0, 0.05) is 11.3 Å². The Kier molecular flexibility index (Phi) is 7.76. The van der Waals surface area contributed by atoms with Gasteiger partial charge in [-0.2, -0.15) is 0 Å². The van der Waals surface area contributed by atoms with E-state index in [0.717, 1.165) is 5.56 Å². The van der Waals surface area contributed by atoms with Gasteiger partial charge in [-0.25, -0.2) is 4.79 Å². The molecular weight excluding hydrogens is 498 g/mol. The van der Waals surface area contributed by atoms with Gasteiger partial charge in [0.1, 0.15) is 17.3 Å². The summed E-state index contributed by atoms with van der Waals surface area (Å²) in [5.41, 5.74) is 2.27. The van der Waals surface area contributed by atoms with E-state index in [9.17, 15) is 24.6 Å². The average molecular weight is 530 g/mol. The summed E-state index contributed by atoms with van der Waals surface area (Å²) in [6, 6.07) is 16.3. The highest BCUT2D eigenvalue weighted by Gasteiger charge is 2.47. The third-order valence-corrected chi connectivity index (χ3v) is 6.50. The number of amides is 1. The molecule has 1 fully saturated rings. The molecule has 0 bridgehead atoms. The molecule has 0 spiro atoms. The Morgan fingerprint density at radius 3 is 2.08 bits per heavy atom. The van der Waals surface area contributed by atoms with Crippen LogP contribution in [0.25, 0.3) is 5.76 Å². The van der Waals surface area contributed by atoms with E-state index >= 15 is 0 Å². The number of carbonyl (C=O) groups is 3. The lowest BCUT2D eigenvalue weighted by molar-refractivity contribution is -0.132. The number of Topliss-reactive ketones (excluding diaryl/α,β-unsaturated/α-hetero) is 1. The van der Waals surface area contributed by atoms with Crippen molar-refractivity contribution < 1.29 is 34.1 Å². The van der Waals surface area contributed by atoms with E-state index in [0.29, 0.717) is 28.1 Å². The molecule has 1 heterocycles. The first kappa shape index (κ1) is 27.4.